The molecule has 2 nitrogen and oxygen atoms in total. The van der Waals surface area contributed by atoms with Crippen LogP contribution in [0.4, 0.5) is 4.39 Å². The molecule has 2 aromatic rings. The summed E-state index contributed by atoms with van der Waals surface area (Å²) in [4.78, 5) is 11.3. The molecule has 92 valence electrons. The van der Waals surface area contributed by atoms with Crippen LogP contribution >= 0.6 is 0 Å². The molecule has 1 atom stereocenters. The van der Waals surface area contributed by atoms with Crippen LogP contribution in [-0.2, 0) is 4.79 Å². The number of hydrogen-bond acceptors (Lipinski definition) is 1. The molecule has 1 N–H and O–H groups in total. The van der Waals surface area contributed by atoms with Crippen molar-refractivity contribution >= 4 is 5.91 Å². The van der Waals surface area contributed by atoms with Gasteiger partial charge in [-0.15, -0.1) is 0 Å². The van der Waals surface area contributed by atoms with Crippen molar-refractivity contribution in [2.75, 3.05) is 0 Å². The van der Waals surface area contributed by atoms with Gasteiger partial charge in [0.05, 0.1) is 6.04 Å². The van der Waals surface area contributed by atoms with Crippen molar-refractivity contribution in [1.82, 2.24) is 5.32 Å². The maximum atomic E-state index is 13.3. The van der Waals surface area contributed by atoms with E-state index in [1.165, 1.54) is 19.1 Å². The second-order valence-corrected chi connectivity index (χ2v) is 4.10. The predicted molar refractivity (Wildman–Crippen MR) is 68.5 cm³/mol. The van der Waals surface area contributed by atoms with E-state index in [0.717, 1.165) is 11.1 Å². The minimum Gasteiger partial charge on any atom is -0.345 e. The van der Waals surface area contributed by atoms with E-state index in [1.54, 1.807) is 12.1 Å². The normalized spacial score (nSPS) is 11.9. The molecule has 0 aromatic heterocycles. The molecule has 2 rings (SSSR count). The summed E-state index contributed by atoms with van der Waals surface area (Å²) < 4.78 is 13.3. The van der Waals surface area contributed by atoms with Gasteiger partial charge >= 0.3 is 0 Å². The lowest BCUT2D eigenvalue weighted by molar-refractivity contribution is -0.119. The summed E-state index contributed by atoms with van der Waals surface area (Å²) in [6.45, 7) is 1.45. The summed E-state index contributed by atoms with van der Waals surface area (Å²) in [5, 5.41) is 2.83. The lowest BCUT2D eigenvalue weighted by Crippen LogP contribution is -2.26. The van der Waals surface area contributed by atoms with E-state index < -0.39 is 0 Å². The van der Waals surface area contributed by atoms with Gasteiger partial charge in [0.15, 0.2) is 0 Å². The molecule has 0 aliphatic heterocycles. The Bertz CT molecular complexity index is 539. The van der Waals surface area contributed by atoms with Gasteiger partial charge in [0.2, 0.25) is 5.91 Å². The van der Waals surface area contributed by atoms with Gasteiger partial charge in [-0.3, -0.25) is 4.79 Å². The molecule has 2 aromatic carbocycles. The van der Waals surface area contributed by atoms with Crippen molar-refractivity contribution in [3.8, 4) is 0 Å². The first-order chi connectivity index (χ1) is 8.66. The topological polar surface area (TPSA) is 29.1 Å². The van der Waals surface area contributed by atoms with Crippen LogP contribution in [-0.4, -0.2) is 5.91 Å². The number of nitrogens with one attached hydrogen (secondary N) is 1. The summed E-state index contributed by atoms with van der Waals surface area (Å²) >= 11 is 0. The van der Waals surface area contributed by atoms with Gasteiger partial charge in [-0.1, -0.05) is 42.5 Å². The van der Waals surface area contributed by atoms with Crippen LogP contribution in [0, 0.1) is 5.82 Å². The van der Waals surface area contributed by atoms with E-state index in [4.69, 9.17) is 0 Å². The third-order valence-electron chi connectivity index (χ3n) is 2.66. The van der Waals surface area contributed by atoms with Gasteiger partial charge in [0, 0.05) is 6.92 Å². The number of hydrogen-bond donors (Lipinski definition) is 1. The highest BCUT2D eigenvalue weighted by atomic mass is 19.1. The first-order valence-electron chi connectivity index (χ1n) is 5.74. The average Bonchev–Trinajstić information content (AvgIpc) is 2.37. The second kappa shape index (κ2) is 5.45. The third kappa shape index (κ3) is 2.94. The van der Waals surface area contributed by atoms with Crippen LogP contribution in [0.25, 0.3) is 0 Å². The molecule has 1 amide bonds. The summed E-state index contributed by atoms with van der Waals surface area (Å²) in [6.07, 6.45) is 0. The monoisotopic (exact) mass is 243 g/mol. The van der Waals surface area contributed by atoms with Crippen molar-refractivity contribution in [3.63, 3.8) is 0 Å². The lowest BCUT2D eigenvalue weighted by atomic mass is 9.98. The van der Waals surface area contributed by atoms with Crippen LogP contribution in [0.3, 0.4) is 0 Å². The Kier molecular flexibility index (Phi) is 3.72. The molecule has 0 aliphatic rings. The van der Waals surface area contributed by atoms with E-state index in [-0.39, 0.29) is 17.8 Å². The Hall–Kier alpha value is -2.16. The molecule has 0 aliphatic carbocycles. The fraction of sp³-hybridized carbons (Fsp3) is 0.133. The van der Waals surface area contributed by atoms with Crippen molar-refractivity contribution in [3.05, 3.63) is 71.5 Å². The highest BCUT2D eigenvalue weighted by molar-refractivity contribution is 5.74. The van der Waals surface area contributed by atoms with Crippen LogP contribution in [0.2, 0.25) is 0 Å². The molecule has 3 heteroatoms. The van der Waals surface area contributed by atoms with Crippen LogP contribution < -0.4 is 5.32 Å². The number of carbonyl (C=O) groups excluding carboxylic acids is 1. The Morgan fingerprint density at radius 3 is 2.33 bits per heavy atom. The van der Waals surface area contributed by atoms with E-state index in [1.807, 2.05) is 30.3 Å². The molecular weight excluding hydrogens is 229 g/mol. The maximum Gasteiger partial charge on any atom is 0.217 e. The molecule has 0 saturated carbocycles. The smallest absolute Gasteiger partial charge is 0.217 e. The third-order valence-corrected chi connectivity index (χ3v) is 2.66. The van der Waals surface area contributed by atoms with Gasteiger partial charge in [0.1, 0.15) is 5.82 Å². The van der Waals surface area contributed by atoms with Crippen molar-refractivity contribution in [2.45, 2.75) is 13.0 Å². The Balaban J connectivity index is 2.40. The number of rotatable bonds is 3. The van der Waals surface area contributed by atoms with Gasteiger partial charge in [-0.2, -0.15) is 0 Å². The predicted octanol–water partition coefficient (Wildman–Crippen LogP) is 3.05. The Morgan fingerprint density at radius 1 is 1.06 bits per heavy atom. The van der Waals surface area contributed by atoms with Crippen LogP contribution in [0.15, 0.2) is 54.6 Å². The van der Waals surface area contributed by atoms with Crippen LogP contribution in [0.1, 0.15) is 24.1 Å². The van der Waals surface area contributed by atoms with Crippen LogP contribution in [0.5, 0.6) is 0 Å². The minimum absolute atomic E-state index is 0.145. The number of benzene rings is 2. The SMILES string of the molecule is CC(=O)NC(c1ccccc1)c1cccc(F)c1. The first kappa shape index (κ1) is 12.3. The van der Waals surface area contributed by atoms with Gasteiger partial charge in [-0.25, -0.2) is 4.39 Å². The zero-order chi connectivity index (χ0) is 13.0. The summed E-state index contributed by atoms with van der Waals surface area (Å²) in [7, 11) is 0. The molecule has 0 heterocycles. The second-order valence-electron chi connectivity index (χ2n) is 4.10. The first-order valence-corrected chi connectivity index (χ1v) is 5.74. The maximum absolute atomic E-state index is 13.3. The molecular formula is C15H14FNO. The van der Waals surface area contributed by atoms with E-state index in [9.17, 15) is 9.18 Å². The van der Waals surface area contributed by atoms with E-state index >= 15 is 0 Å². The highest BCUT2D eigenvalue weighted by Gasteiger charge is 2.15. The number of halogens is 1. The summed E-state index contributed by atoms with van der Waals surface area (Å²) in [5.41, 5.74) is 1.66. The molecule has 18 heavy (non-hydrogen) atoms. The zero-order valence-corrected chi connectivity index (χ0v) is 10.1. The lowest BCUT2D eigenvalue weighted by Gasteiger charge is -2.18. The molecule has 0 spiro atoms. The average molecular weight is 243 g/mol. The standard InChI is InChI=1S/C15H14FNO/c1-11(18)17-15(12-6-3-2-4-7-12)13-8-5-9-14(16)10-13/h2-10,15H,1H3,(H,17,18). The molecule has 0 saturated heterocycles. The molecule has 0 fully saturated rings. The van der Waals surface area contributed by atoms with Gasteiger partial charge < -0.3 is 5.32 Å². The quantitative estimate of drug-likeness (QED) is 0.882. The summed E-state index contributed by atoms with van der Waals surface area (Å²) in [6, 6.07) is 15.5. The van der Waals surface area contributed by atoms with Gasteiger partial charge in [0.25, 0.3) is 0 Å². The van der Waals surface area contributed by atoms with E-state index in [0.29, 0.717) is 0 Å². The Morgan fingerprint density at radius 2 is 1.72 bits per heavy atom. The highest BCUT2D eigenvalue weighted by Crippen LogP contribution is 2.22. The zero-order valence-electron chi connectivity index (χ0n) is 10.1. The minimum atomic E-state index is -0.320. The van der Waals surface area contributed by atoms with Gasteiger partial charge in [-0.05, 0) is 23.3 Å². The van der Waals surface area contributed by atoms with Crippen molar-refractivity contribution in [1.29, 1.82) is 0 Å². The number of carbonyl (C=O) groups is 1. The fourth-order valence-electron chi connectivity index (χ4n) is 1.89. The van der Waals surface area contributed by atoms with E-state index in [2.05, 4.69) is 5.32 Å². The fourth-order valence-corrected chi connectivity index (χ4v) is 1.89. The molecule has 0 radical (unpaired) electrons. The molecule has 1 unspecified atom stereocenters. The van der Waals surface area contributed by atoms with Crippen molar-refractivity contribution < 1.29 is 9.18 Å². The number of amides is 1. The summed E-state index contributed by atoms with van der Waals surface area (Å²) in [5.74, 6) is -0.452. The molecule has 0 bridgehead atoms. The largest absolute Gasteiger partial charge is 0.345 e. The van der Waals surface area contributed by atoms with Crippen molar-refractivity contribution in [2.24, 2.45) is 0 Å². The Labute approximate surface area is 105 Å².